The average molecular weight is 718 g/mol. The monoisotopic (exact) mass is 716 g/mol. The SMILES string of the molecule is COC(=O)CCC/C=C/CC1C(O[Si](C)(C)C(C)(C)C)CC(OCc2ccccc2Br)C1/C=C/C(C)(O)CCc1ccccc1F. The normalized spacial score (nSPS) is 22.0. The summed E-state index contributed by atoms with van der Waals surface area (Å²) in [4.78, 5) is 11.5. The van der Waals surface area contributed by atoms with E-state index < -0.39 is 13.9 Å². The van der Waals surface area contributed by atoms with Gasteiger partial charge in [-0.05, 0) is 92.8 Å². The fourth-order valence-electron chi connectivity index (χ4n) is 5.67. The van der Waals surface area contributed by atoms with Gasteiger partial charge in [-0.25, -0.2) is 4.39 Å². The molecule has 1 saturated carbocycles. The summed E-state index contributed by atoms with van der Waals surface area (Å²) in [5, 5.41) is 11.5. The van der Waals surface area contributed by atoms with Crippen molar-refractivity contribution in [3.63, 3.8) is 0 Å². The average Bonchev–Trinajstić information content (AvgIpc) is 3.31. The number of carbonyl (C=O) groups is 1. The zero-order chi connectivity index (χ0) is 34.0. The molecule has 1 aliphatic carbocycles. The van der Waals surface area contributed by atoms with Crippen LogP contribution in [0.15, 0.2) is 77.3 Å². The van der Waals surface area contributed by atoms with Crippen LogP contribution in [0, 0.1) is 17.7 Å². The number of rotatable bonds is 16. The highest BCUT2D eigenvalue weighted by atomic mass is 79.9. The second-order valence-corrected chi connectivity index (χ2v) is 19.9. The van der Waals surface area contributed by atoms with Gasteiger partial charge in [-0.3, -0.25) is 4.79 Å². The Morgan fingerprint density at radius 2 is 1.72 bits per heavy atom. The van der Waals surface area contributed by atoms with E-state index in [1.54, 1.807) is 19.1 Å². The Hall–Kier alpha value is -2.10. The quantitative estimate of drug-likeness (QED) is 0.0811. The van der Waals surface area contributed by atoms with Crippen LogP contribution in [0.3, 0.4) is 0 Å². The van der Waals surface area contributed by atoms with E-state index in [0.717, 1.165) is 35.7 Å². The summed E-state index contributed by atoms with van der Waals surface area (Å²) in [5.74, 6) is -0.308. The van der Waals surface area contributed by atoms with Crippen LogP contribution in [0.1, 0.15) is 77.3 Å². The molecule has 5 nitrogen and oxygen atoms in total. The van der Waals surface area contributed by atoms with Crippen LogP contribution in [0.2, 0.25) is 18.1 Å². The minimum Gasteiger partial charge on any atom is -0.469 e. The zero-order valence-electron chi connectivity index (χ0n) is 28.7. The zero-order valence-corrected chi connectivity index (χ0v) is 31.3. The first-order valence-electron chi connectivity index (χ1n) is 16.5. The summed E-state index contributed by atoms with van der Waals surface area (Å²) in [5.41, 5.74) is 0.560. The molecule has 0 heterocycles. The van der Waals surface area contributed by atoms with Crippen molar-refractivity contribution in [3.8, 4) is 0 Å². The Kier molecular flexibility index (Phi) is 14.5. The van der Waals surface area contributed by atoms with E-state index in [2.05, 4.69) is 74.1 Å². The van der Waals surface area contributed by atoms with E-state index in [4.69, 9.17) is 13.9 Å². The van der Waals surface area contributed by atoms with Crippen LogP contribution >= 0.6 is 15.9 Å². The lowest BCUT2D eigenvalue weighted by Crippen LogP contribution is -2.45. The number of halogens is 2. The fourth-order valence-corrected chi connectivity index (χ4v) is 7.45. The summed E-state index contributed by atoms with van der Waals surface area (Å²) < 4.78 is 33.9. The van der Waals surface area contributed by atoms with Crippen LogP contribution in [0.4, 0.5) is 4.39 Å². The molecule has 2 aromatic rings. The number of unbranched alkanes of at least 4 members (excludes halogenated alkanes) is 1. The standard InChI is InChI=1S/C38H54BrFO5Si/c1-37(2,3)46(6,7)45-35-26-34(44-27-29-17-12-14-19-32(29)39)31(30(35)18-10-8-9-11-21-36(41)43-5)23-25-38(4,42)24-22-28-16-13-15-20-33(28)40/h8,10,12-17,19-20,23,25,30-31,34-35,42H,9,11,18,21-22,24,26-27H2,1-7H3/b10-8+,25-23+. The molecule has 0 amide bonds. The number of allylic oxidation sites excluding steroid dienone is 2. The lowest BCUT2D eigenvalue weighted by molar-refractivity contribution is -0.140. The molecular formula is C38H54BrFO5Si. The molecule has 46 heavy (non-hydrogen) atoms. The van der Waals surface area contributed by atoms with Gasteiger partial charge in [0.05, 0.1) is 31.5 Å². The van der Waals surface area contributed by atoms with Gasteiger partial charge in [0.1, 0.15) is 5.82 Å². The van der Waals surface area contributed by atoms with Crippen molar-refractivity contribution < 1.29 is 28.2 Å². The van der Waals surface area contributed by atoms with Gasteiger partial charge >= 0.3 is 5.97 Å². The molecule has 0 bridgehead atoms. The molecule has 0 aliphatic heterocycles. The van der Waals surface area contributed by atoms with E-state index in [0.29, 0.717) is 31.4 Å². The van der Waals surface area contributed by atoms with Crippen molar-refractivity contribution in [3.05, 3.63) is 94.3 Å². The molecule has 0 aromatic heterocycles. The molecular weight excluding hydrogens is 663 g/mol. The maximum absolute atomic E-state index is 14.3. The number of hydrogen-bond donors (Lipinski definition) is 1. The van der Waals surface area contributed by atoms with Crippen molar-refractivity contribution in [2.45, 2.75) is 115 Å². The van der Waals surface area contributed by atoms with Gasteiger partial charge in [-0.2, -0.15) is 0 Å². The third-order valence-corrected chi connectivity index (χ3v) is 14.9. The molecule has 0 radical (unpaired) electrons. The summed E-state index contributed by atoms with van der Waals surface area (Å²) in [6.45, 7) is 13.6. The van der Waals surface area contributed by atoms with Crippen LogP contribution in [-0.2, 0) is 31.7 Å². The predicted octanol–water partition coefficient (Wildman–Crippen LogP) is 9.73. The van der Waals surface area contributed by atoms with Crippen LogP contribution in [0.25, 0.3) is 0 Å². The number of benzene rings is 2. The Balaban J connectivity index is 1.88. The summed E-state index contributed by atoms with van der Waals surface area (Å²) >= 11 is 3.66. The maximum Gasteiger partial charge on any atom is 0.305 e. The number of aliphatic hydroxyl groups is 1. The van der Waals surface area contributed by atoms with Crippen LogP contribution in [0.5, 0.6) is 0 Å². The number of hydrogen-bond acceptors (Lipinski definition) is 5. The maximum atomic E-state index is 14.3. The van der Waals surface area contributed by atoms with Gasteiger partial charge in [-0.15, -0.1) is 0 Å². The molecule has 2 aromatic carbocycles. The van der Waals surface area contributed by atoms with Gasteiger partial charge < -0.3 is 19.0 Å². The topological polar surface area (TPSA) is 65.0 Å². The Bertz CT molecular complexity index is 1320. The number of carbonyl (C=O) groups excluding carboxylic acids is 1. The first-order chi connectivity index (χ1) is 21.6. The van der Waals surface area contributed by atoms with Crippen molar-refractivity contribution in [1.29, 1.82) is 0 Å². The van der Waals surface area contributed by atoms with E-state index in [-0.39, 0.29) is 40.9 Å². The molecule has 5 atom stereocenters. The van der Waals surface area contributed by atoms with Gasteiger partial charge in [0.15, 0.2) is 8.32 Å². The van der Waals surface area contributed by atoms with Gasteiger partial charge in [0.2, 0.25) is 0 Å². The Morgan fingerprint density at radius 3 is 2.37 bits per heavy atom. The largest absolute Gasteiger partial charge is 0.469 e. The van der Waals surface area contributed by atoms with Crippen molar-refractivity contribution in [2.24, 2.45) is 11.8 Å². The fraction of sp³-hybridized carbons (Fsp3) is 0.553. The van der Waals surface area contributed by atoms with Gasteiger partial charge in [-0.1, -0.05) is 97.4 Å². The third kappa shape index (κ3) is 11.5. The Labute approximate surface area is 285 Å². The van der Waals surface area contributed by atoms with Crippen molar-refractivity contribution in [2.75, 3.05) is 7.11 Å². The summed E-state index contributed by atoms with van der Waals surface area (Å²) in [7, 11) is -0.689. The molecule has 254 valence electrons. The van der Waals surface area contributed by atoms with E-state index in [1.807, 2.05) is 30.3 Å². The molecule has 1 N–H and O–H groups in total. The summed E-state index contributed by atoms with van der Waals surface area (Å²) in [6.07, 6.45) is 12.5. The number of esters is 1. The third-order valence-electron chi connectivity index (χ3n) is 9.62. The number of ether oxygens (including phenoxy) is 2. The van der Waals surface area contributed by atoms with Gasteiger partial charge in [0.25, 0.3) is 0 Å². The molecule has 8 heteroatoms. The van der Waals surface area contributed by atoms with E-state index in [9.17, 15) is 14.3 Å². The van der Waals surface area contributed by atoms with Gasteiger partial charge in [0, 0.05) is 16.8 Å². The molecule has 5 unspecified atom stereocenters. The number of methoxy groups -OCH3 is 1. The van der Waals surface area contributed by atoms with E-state index in [1.165, 1.54) is 13.2 Å². The second kappa shape index (κ2) is 17.3. The molecule has 3 rings (SSSR count). The minimum absolute atomic E-state index is 0.00286. The first-order valence-corrected chi connectivity index (χ1v) is 20.2. The van der Waals surface area contributed by atoms with Crippen LogP contribution < -0.4 is 0 Å². The molecule has 0 saturated heterocycles. The highest BCUT2D eigenvalue weighted by Gasteiger charge is 2.48. The highest BCUT2D eigenvalue weighted by molar-refractivity contribution is 9.10. The van der Waals surface area contributed by atoms with Crippen LogP contribution in [-0.4, -0.2) is 44.3 Å². The lowest BCUT2D eigenvalue weighted by atomic mass is 9.87. The highest BCUT2D eigenvalue weighted by Crippen LogP contribution is 2.45. The first kappa shape index (κ1) is 38.3. The minimum atomic E-state index is -2.11. The smallest absolute Gasteiger partial charge is 0.305 e. The lowest BCUT2D eigenvalue weighted by Gasteiger charge is -2.40. The number of aryl methyl sites for hydroxylation is 1. The second-order valence-electron chi connectivity index (χ2n) is 14.3. The molecule has 1 aliphatic rings. The van der Waals surface area contributed by atoms with Crippen molar-refractivity contribution in [1.82, 2.24) is 0 Å². The molecule has 0 spiro atoms. The van der Waals surface area contributed by atoms with E-state index >= 15 is 0 Å². The van der Waals surface area contributed by atoms with Crippen molar-refractivity contribution >= 4 is 30.2 Å². The Morgan fingerprint density at radius 1 is 1.04 bits per heavy atom. The molecule has 1 fully saturated rings. The predicted molar refractivity (Wildman–Crippen MR) is 190 cm³/mol. The summed E-state index contributed by atoms with van der Waals surface area (Å²) in [6, 6.07) is 14.8.